The molecule has 4 fully saturated rings. The van der Waals surface area contributed by atoms with Gasteiger partial charge in [0.25, 0.3) is 0 Å². The number of rotatable bonds is 7. The Balaban J connectivity index is 1.21. The highest BCUT2D eigenvalue weighted by molar-refractivity contribution is 5.78. The van der Waals surface area contributed by atoms with Gasteiger partial charge in [0.15, 0.2) is 0 Å². The summed E-state index contributed by atoms with van der Waals surface area (Å²) in [5.41, 5.74) is 1.01. The second kappa shape index (κ2) is 9.33. The summed E-state index contributed by atoms with van der Waals surface area (Å²) in [4.78, 5) is 19.5. The lowest BCUT2D eigenvalue weighted by molar-refractivity contribution is -0.123. The fraction of sp³-hybridized carbons (Fsp3) is 0.750. The molecule has 30 heavy (non-hydrogen) atoms. The summed E-state index contributed by atoms with van der Waals surface area (Å²) in [6.45, 7) is 5.02. The van der Waals surface area contributed by atoms with Crippen molar-refractivity contribution in [2.24, 2.45) is 17.8 Å². The van der Waals surface area contributed by atoms with E-state index in [0.29, 0.717) is 24.3 Å². The molecular formula is C24H35N3O3. The van der Waals surface area contributed by atoms with E-state index in [1.807, 2.05) is 12.1 Å². The van der Waals surface area contributed by atoms with Crippen molar-refractivity contribution in [3.05, 3.63) is 30.1 Å². The van der Waals surface area contributed by atoms with Crippen LogP contribution in [0, 0.1) is 17.8 Å². The van der Waals surface area contributed by atoms with E-state index in [4.69, 9.17) is 9.47 Å². The van der Waals surface area contributed by atoms with E-state index < -0.39 is 0 Å². The summed E-state index contributed by atoms with van der Waals surface area (Å²) in [6, 6.07) is 4.64. The summed E-state index contributed by atoms with van der Waals surface area (Å²) in [6.07, 6.45) is 11.1. The lowest BCUT2D eigenvalue weighted by Crippen LogP contribution is -2.51. The quantitative estimate of drug-likeness (QED) is 0.744. The van der Waals surface area contributed by atoms with E-state index in [0.717, 1.165) is 57.0 Å². The Kier molecular flexibility index (Phi) is 6.34. The molecular weight excluding hydrogens is 378 g/mol. The van der Waals surface area contributed by atoms with E-state index in [-0.39, 0.29) is 18.1 Å². The maximum absolute atomic E-state index is 12.8. The van der Waals surface area contributed by atoms with Gasteiger partial charge in [-0.25, -0.2) is 0 Å². The smallest absolute Gasteiger partial charge is 0.224 e. The molecule has 6 nitrogen and oxygen atoms in total. The number of hydrogen-bond acceptors (Lipinski definition) is 5. The standard InChI is InChI=1S/C24H35N3O3/c28-24(11-17-3-7-25-8-4-17)26-22-12-19-14-27(21-5-9-29-10-6-21)15-20(19)13-23(22)30-16-18-1-2-18/h3-4,7-8,18-23H,1-2,5-6,9-16H2,(H,26,28)/t19-,20+,22-,23-/m0/s1. The number of nitrogens with one attached hydrogen (secondary N) is 1. The van der Waals surface area contributed by atoms with Crippen molar-refractivity contribution < 1.29 is 14.3 Å². The zero-order valence-corrected chi connectivity index (χ0v) is 17.9. The van der Waals surface area contributed by atoms with Crippen LogP contribution in [0.1, 0.15) is 44.1 Å². The van der Waals surface area contributed by atoms with Crippen LogP contribution in [0.4, 0.5) is 0 Å². The van der Waals surface area contributed by atoms with Crippen LogP contribution in [-0.4, -0.2) is 66.9 Å². The SMILES string of the molecule is O=C(Cc1ccncc1)N[C@H]1C[C@H]2CN(C3CCOCC3)C[C@H]2C[C@@H]1OCC1CC1. The number of fused-ring (bicyclic) bond motifs is 1. The molecule has 164 valence electrons. The average molecular weight is 414 g/mol. The maximum Gasteiger partial charge on any atom is 0.224 e. The van der Waals surface area contributed by atoms with E-state index in [9.17, 15) is 4.79 Å². The highest BCUT2D eigenvalue weighted by atomic mass is 16.5. The molecule has 0 aromatic carbocycles. The van der Waals surface area contributed by atoms with Crippen LogP contribution in [0.15, 0.2) is 24.5 Å². The largest absolute Gasteiger partial charge is 0.381 e. The second-order valence-electron chi connectivity index (χ2n) is 9.81. The van der Waals surface area contributed by atoms with Crippen molar-refractivity contribution in [1.82, 2.24) is 15.2 Å². The third-order valence-corrected chi connectivity index (χ3v) is 7.56. The molecule has 6 heteroatoms. The Labute approximate surface area is 179 Å². The Morgan fingerprint density at radius 2 is 1.83 bits per heavy atom. The highest BCUT2D eigenvalue weighted by Crippen LogP contribution is 2.40. The van der Waals surface area contributed by atoms with Gasteiger partial charge in [-0.1, -0.05) is 0 Å². The minimum absolute atomic E-state index is 0.101. The van der Waals surface area contributed by atoms with Crippen molar-refractivity contribution in [2.75, 3.05) is 32.9 Å². The number of nitrogens with zero attached hydrogens (tertiary/aromatic N) is 2. The molecule has 3 heterocycles. The van der Waals surface area contributed by atoms with Gasteiger partial charge >= 0.3 is 0 Å². The molecule has 4 atom stereocenters. The Morgan fingerprint density at radius 3 is 2.57 bits per heavy atom. The van der Waals surface area contributed by atoms with Gasteiger partial charge in [-0.3, -0.25) is 14.7 Å². The topological polar surface area (TPSA) is 63.7 Å². The molecule has 0 bridgehead atoms. The lowest BCUT2D eigenvalue weighted by Gasteiger charge is -2.38. The van der Waals surface area contributed by atoms with Crippen molar-refractivity contribution in [1.29, 1.82) is 0 Å². The molecule has 2 saturated carbocycles. The van der Waals surface area contributed by atoms with Crippen LogP contribution in [-0.2, 0) is 20.7 Å². The van der Waals surface area contributed by atoms with Gasteiger partial charge < -0.3 is 14.8 Å². The fourth-order valence-corrected chi connectivity index (χ4v) is 5.62. The summed E-state index contributed by atoms with van der Waals surface area (Å²) in [7, 11) is 0. The molecule has 0 spiro atoms. The molecule has 1 N–H and O–H groups in total. The van der Waals surface area contributed by atoms with Crippen LogP contribution in [0.3, 0.4) is 0 Å². The van der Waals surface area contributed by atoms with E-state index in [2.05, 4.69) is 15.2 Å². The minimum atomic E-state index is 0.101. The van der Waals surface area contributed by atoms with Crippen LogP contribution >= 0.6 is 0 Å². The van der Waals surface area contributed by atoms with Gasteiger partial charge in [-0.15, -0.1) is 0 Å². The molecule has 1 aromatic rings. The molecule has 2 saturated heterocycles. The van der Waals surface area contributed by atoms with Gasteiger partial charge in [0.2, 0.25) is 5.91 Å². The number of likely N-dealkylation sites (tertiary alicyclic amines) is 1. The van der Waals surface area contributed by atoms with Crippen molar-refractivity contribution in [2.45, 2.75) is 63.1 Å². The molecule has 4 aliphatic rings. The van der Waals surface area contributed by atoms with E-state index in [1.54, 1.807) is 12.4 Å². The lowest BCUT2D eigenvalue weighted by atomic mass is 9.77. The third kappa shape index (κ3) is 5.04. The first-order chi connectivity index (χ1) is 14.7. The number of carbonyl (C=O) groups excluding carboxylic acids is 1. The van der Waals surface area contributed by atoms with Crippen LogP contribution < -0.4 is 5.32 Å². The number of aromatic nitrogens is 1. The van der Waals surface area contributed by atoms with Crippen LogP contribution in [0.5, 0.6) is 0 Å². The van der Waals surface area contributed by atoms with Crippen molar-refractivity contribution in [3.8, 4) is 0 Å². The second-order valence-corrected chi connectivity index (χ2v) is 9.81. The first-order valence-corrected chi connectivity index (χ1v) is 11.9. The molecule has 1 amide bonds. The molecule has 0 unspecified atom stereocenters. The number of ether oxygens (including phenoxy) is 2. The highest BCUT2D eigenvalue weighted by Gasteiger charge is 2.45. The maximum atomic E-state index is 12.8. The number of hydrogen-bond donors (Lipinski definition) is 1. The van der Waals surface area contributed by atoms with Crippen molar-refractivity contribution >= 4 is 5.91 Å². The fourth-order valence-electron chi connectivity index (χ4n) is 5.62. The van der Waals surface area contributed by atoms with Gasteiger partial charge in [-0.05, 0) is 74.0 Å². The van der Waals surface area contributed by atoms with Gasteiger partial charge in [-0.2, -0.15) is 0 Å². The summed E-state index contributed by atoms with van der Waals surface area (Å²) < 4.78 is 12.0. The predicted molar refractivity (Wildman–Crippen MR) is 114 cm³/mol. The van der Waals surface area contributed by atoms with Crippen LogP contribution in [0.25, 0.3) is 0 Å². The zero-order valence-electron chi connectivity index (χ0n) is 17.9. The van der Waals surface area contributed by atoms with E-state index >= 15 is 0 Å². The zero-order chi connectivity index (χ0) is 20.3. The number of amides is 1. The molecule has 5 rings (SSSR count). The first kappa shape index (κ1) is 20.4. The average Bonchev–Trinajstić information content (AvgIpc) is 3.51. The van der Waals surface area contributed by atoms with Crippen molar-refractivity contribution in [3.63, 3.8) is 0 Å². The molecule has 2 aliphatic heterocycles. The summed E-state index contributed by atoms with van der Waals surface area (Å²) >= 11 is 0. The monoisotopic (exact) mass is 413 g/mol. The van der Waals surface area contributed by atoms with E-state index in [1.165, 1.54) is 25.9 Å². The predicted octanol–water partition coefficient (Wildman–Crippen LogP) is 2.42. The summed E-state index contributed by atoms with van der Waals surface area (Å²) in [5, 5.41) is 3.35. The molecule has 0 radical (unpaired) electrons. The number of pyridine rings is 1. The summed E-state index contributed by atoms with van der Waals surface area (Å²) in [5.74, 6) is 2.22. The van der Waals surface area contributed by atoms with Gasteiger partial charge in [0.1, 0.15) is 0 Å². The third-order valence-electron chi connectivity index (χ3n) is 7.56. The van der Waals surface area contributed by atoms with Crippen LogP contribution in [0.2, 0.25) is 0 Å². The number of carbonyl (C=O) groups is 1. The molecule has 2 aliphatic carbocycles. The first-order valence-electron chi connectivity index (χ1n) is 11.9. The van der Waals surface area contributed by atoms with Gasteiger partial charge in [0.05, 0.1) is 18.6 Å². The normalized spacial score (nSPS) is 32.7. The van der Waals surface area contributed by atoms with Gasteiger partial charge in [0, 0.05) is 51.3 Å². The Bertz CT molecular complexity index is 705. The Morgan fingerprint density at radius 1 is 1.10 bits per heavy atom. The molecule has 1 aromatic heterocycles. The Hall–Kier alpha value is -1.50. The minimum Gasteiger partial charge on any atom is -0.381 e.